The highest BCUT2D eigenvalue weighted by atomic mass is 32.2. The van der Waals surface area contributed by atoms with Gasteiger partial charge >= 0.3 is 0 Å². The van der Waals surface area contributed by atoms with E-state index in [2.05, 4.69) is 30.7 Å². The molecule has 1 aromatic rings. The van der Waals surface area contributed by atoms with Crippen LogP contribution in [0.4, 0.5) is 0 Å². The minimum Gasteiger partial charge on any atom is -0.213 e. The monoisotopic (exact) mass is 283 g/mol. The van der Waals surface area contributed by atoms with Gasteiger partial charge in [0.05, 0.1) is 6.26 Å². The van der Waals surface area contributed by atoms with E-state index in [1.165, 1.54) is 11.8 Å². The smallest absolute Gasteiger partial charge is 0.209 e. The Morgan fingerprint density at radius 2 is 1.53 bits per heavy atom. The third kappa shape index (κ3) is 4.96. The minimum absolute atomic E-state index is 0.166. The topological polar surface area (TPSA) is 46.2 Å². The Balaban J connectivity index is 2.98. The third-order valence-corrected chi connectivity index (χ3v) is 4.17. The summed E-state index contributed by atoms with van der Waals surface area (Å²) in [6, 6.07) is 8.10. The largest absolute Gasteiger partial charge is 0.213 e. The lowest BCUT2D eigenvalue weighted by Crippen LogP contribution is -2.30. The predicted molar refractivity (Wildman–Crippen MR) is 80.7 cm³/mol. The zero-order chi connectivity index (χ0) is 14.6. The number of sulfonamides is 1. The summed E-state index contributed by atoms with van der Waals surface area (Å²) in [5.74, 6) is 0.749. The van der Waals surface area contributed by atoms with Gasteiger partial charge in [-0.3, -0.25) is 0 Å². The molecule has 0 saturated heterocycles. The van der Waals surface area contributed by atoms with E-state index in [1.54, 1.807) is 0 Å². The van der Waals surface area contributed by atoms with Gasteiger partial charge in [0.1, 0.15) is 0 Å². The molecule has 1 rings (SSSR count). The summed E-state index contributed by atoms with van der Waals surface area (Å²) in [6.07, 6.45) is 2.31. The lowest BCUT2D eigenvalue weighted by Gasteiger charge is -2.22. The first-order chi connectivity index (χ1) is 8.74. The van der Waals surface area contributed by atoms with Gasteiger partial charge in [0, 0.05) is 6.04 Å². The van der Waals surface area contributed by atoms with Crippen LogP contribution in [0.3, 0.4) is 0 Å². The second-order valence-corrected chi connectivity index (χ2v) is 7.37. The fourth-order valence-corrected chi connectivity index (χ4v) is 2.96. The van der Waals surface area contributed by atoms with E-state index in [-0.39, 0.29) is 12.0 Å². The predicted octanol–water partition coefficient (Wildman–Crippen LogP) is 3.45. The van der Waals surface area contributed by atoms with Gasteiger partial charge in [-0.2, -0.15) is 0 Å². The standard InChI is InChI=1S/C15H25NO2S/c1-6-12(4)13-7-9-14(10-8-13)15(11(2)3)16-19(5,17)18/h7-12,15-16H,6H2,1-5H3. The van der Waals surface area contributed by atoms with E-state index in [4.69, 9.17) is 0 Å². The summed E-state index contributed by atoms with van der Waals surface area (Å²) in [6.45, 7) is 8.40. The molecule has 0 saturated carbocycles. The van der Waals surface area contributed by atoms with Crippen LogP contribution in [0, 0.1) is 5.92 Å². The average molecular weight is 283 g/mol. The zero-order valence-electron chi connectivity index (χ0n) is 12.5. The fraction of sp³-hybridized carbons (Fsp3) is 0.600. The van der Waals surface area contributed by atoms with Crippen LogP contribution in [0.15, 0.2) is 24.3 Å². The van der Waals surface area contributed by atoms with Gasteiger partial charge in [0.2, 0.25) is 10.0 Å². The molecule has 0 aliphatic rings. The quantitative estimate of drug-likeness (QED) is 0.869. The second kappa shape index (κ2) is 6.53. The molecule has 0 spiro atoms. The highest BCUT2D eigenvalue weighted by Crippen LogP contribution is 2.25. The molecule has 0 heterocycles. The van der Waals surface area contributed by atoms with E-state index in [0.29, 0.717) is 5.92 Å². The minimum atomic E-state index is -3.20. The molecule has 2 unspecified atom stereocenters. The van der Waals surface area contributed by atoms with Crippen molar-refractivity contribution in [3.63, 3.8) is 0 Å². The number of hydrogen-bond donors (Lipinski definition) is 1. The summed E-state index contributed by atoms with van der Waals surface area (Å²) in [4.78, 5) is 0. The average Bonchev–Trinajstić information content (AvgIpc) is 2.34. The molecule has 1 aromatic carbocycles. The van der Waals surface area contributed by atoms with Crippen LogP contribution in [-0.2, 0) is 10.0 Å². The van der Waals surface area contributed by atoms with Gasteiger partial charge in [-0.15, -0.1) is 0 Å². The molecule has 0 fully saturated rings. The molecule has 0 aliphatic carbocycles. The molecule has 3 nitrogen and oxygen atoms in total. The first-order valence-electron chi connectivity index (χ1n) is 6.81. The third-order valence-electron chi connectivity index (χ3n) is 3.48. The Kier molecular flexibility index (Phi) is 5.56. The highest BCUT2D eigenvalue weighted by molar-refractivity contribution is 7.88. The molecule has 0 aliphatic heterocycles. The maximum atomic E-state index is 11.4. The van der Waals surface area contributed by atoms with Crippen molar-refractivity contribution in [1.82, 2.24) is 4.72 Å². The van der Waals surface area contributed by atoms with E-state index < -0.39 is 10.0 Å². The van der Waals surface area contributed by atoms with Gasteiger partial charge in [-0.1, -0.05) is 52.0 Å². The summed E-state index contributed by atoms with van der Waals surface area (Å²) >= 11 is 0. The van der Waals surface area contributed by atoms with Crippen LogP contribution in [0.5, 0.6) is 0 Å². The van der Waals surface area contributed by atoms with Crippen LogP contribution >= 0.6 is 0 Å². The van der Waals surface area contributed by atoms with Crippen LogP contribution in [0.25, 0.3) is 0 Å². The van der Waals surface area contributed by atoms with E-state index in [1.807, 2.05) is 26.0 Å². The Morgan fingerprint density at radius 3 is 1.89 bits per heavy atom. The zero-order valence-corrected chi connectivity index (χ0v) is 13.3. The maximum Gasteiger partial charge on any atom is 0.209 e. The van der Waals surface area contributed by atoms with Gasteiger partial charge in [0.25, 0.3) is 0 Å². The van der Waals surface area contributed by atoms with Crippen LogP contribution in [0.2, 0.25) is 0 Å². The van der Waals surface area contributed by atoms with E-state index in [9.17, 15) is 8.42 Å². The van der Waals surface area contributed by atoms with Gasteiger partial charge in [0.15, 0.2) is 0 Å². The lowest BCUT2D eigenvalue weighted by atomic mass is 9.93. The van der Waals surface area contributed by atoms with Gasteiger partial charge in [-0.05, 0) is 29.4 Å². The Morgan fingerprint density at radius 1 is 1.05 bits per heavy atom. The number of benzene rings is 1. The Bertz CT molecular complexity index is 491. The van der Waals surface area contributed by atoms with Crippen molar-refractivity contribution in [3.8, 4) is 0 Å². The summed E-state index contributed by atoms with van der Waals surface area (Å²) in [5, 5.41) is 0. The fourth-order valence-electron chi connectivity index (χ4n) is 2.09. The first-order valence-corrected chi connectivity index (χ1v) is 8.71. The summed E-state index contributed by atoms with van der Waals surface area (Å²) in [7, 11) is -3.20. The Labute approximate surface area is 117 Å². The first kappa shape index (κ1) is 16.2. The molecule has 2 atom stereocenters. The molecule has 1 N–H and O–H groups in total. The van der Waals surface area contributed by atoms with Crippen molar-refractivity contribution in [2.24, 2.45) is 5.92 Å². The van der Waals surface area contributed by atoms with Crippen molar-refractivity contribution in [2.75, 3.05) is 6.26 Å². The Hall–Kier alpha value is -0.870. The second-order valence-electron chi connectivity index (χ2n) is 5.59. The molecular weight excluding hydrogens is 258 g/mol. The van der Waals surface area contributed by atoms with Crippen LogP contribution < -0.4 is 4.72 Å². The normalized spacial score (nSPS) is 15.5. The molecular formula is C15H25NO2S. The molecule has 0 aromatic heterocycles. The molecule has 108 valence electrons. The lowest BCUT2D eigenvalue weighted by molar-refractivity contribution is 0.465. The number of hydrogen-bond acceptors (Lipinski definition) is 2. The summed E-state index contributed by atoms with van der Waals surface area (Å²) < 4.78 is 25.6. The molecule has 0 radical (unpaired) electrons. The SMILES string of the molecule is CCC(C)c1ccc(C(NS(C)(=O)=O)C(C)C)cc1. The van der Waals surface area contributed by atoms with Gasteiger partial charge in [-0.25, -0.2) is 13.1 Å². The van der Waals surface area contributed by atoms with Gasteiger partial charge < -0.3 is 0 Å². The number of nitrogens with one attached hydrogen (secondary N) is 1. The van der Waals surface area contributed by atoms with Crippen LogP contribution in [0.1, 0.15) is 57.2 Å². The summed E-state index contributed by atoms with van der Waals surface area (Å²) in [5.41, 5.74) is 2.32. The maximum absolute atomic E-state index is 11.4. The van der Waals surface area contributed by atoms with Crippen molar-refractivity contribution < 1.29 is 8.42 Å². The molecule has 0 amide bonds. The molecule has 19 heavy (non-hydrogen) atoms. The van der Waals surface area contributed by atoms with Crippen molar-refractivity contribution in [1.29, 1.82) is 0 Å². The van der Waals surface area contributed by atoms with Crippen molar-refractivity contribution in [3.05, 3.63) is 35.4 Å². The van der Waals surface area contributed by atoms with E-state index in [0.717, 1.165) is 12.0 Å². The molecule has 0 bridgehead atoms. The van der Waals surface area contributed by atoms with Crippen LogP contribution in [-0.4, -0.2) is 14.7 Å². The van der Waals surface area contributed by atoms with E-state index >= 15 is 0 Å². The highest BCUT2D eigenvalue weighted by Gasteiger charge is 2.19. The number of rotatable bonds is 6. The van der Waals surface area contributed by atoms with Crippen molar-refractivity contribution in [2.45, 2.75) is 46.1 Å². The molecule has 4 heteroatoms. The van der Waals surface area contributed by atoms with Crippen molar-refractivity contribution >= 4 is 10.0 Å².